The number of hydrogen-bond donors (Lipinski definition) is 1. The minimum Gasteiger partial charge on any atom is -0.346 e. The number of hydrogen-bond acceptors (Lipinski definition) is 1. The molecule has 1 aromatic heterocycles. The van der Waals surface area contributed by atoms with Crippen LogP contribution in [-0.2, 0) is 13.6 Å². The Morgan fingerprint density at radius 2 is 2.08 bits per heavy atom. The molecule has 0 saturated heterocycles. The average Bonchev–Trinajstić information content (AvgIpc) is 2.42. The summed E-state index contributed by atoms with van der Waals surface area (Å²) in [5, 5.41) is 1.28. The van der Waals surface area contributed by atoms with Crippen molar-refractivity contribution in [2.24, 2.45) is 12.8 Å². The van der Waals surface area contributed by atoms with Crippen LogP contribution in [0.2, 0.25) is 0 Å². The van der Waals surface area contributed by atoms with Crippen molar-refractivity contribution < 1.29 is 0 Å². The Morgan fingerprint density at radius 3 is 2.77 bits per heavy atom. The first kappa shape index (κ1) is 8.32. The second-order valence-electron chi connectivity index (χ2n) is 3.46. The molecule has 0 spiro atoms. The second kappa shape index (κ2) is 2.89. The number of benzene rings is 1. The third-order valence-electron chi connectivity index (χ3n) is 2.51. The highest BCUT2D eigenvalue weighted by Gasteiger charge is 2.03. The molecule has 2 heteroatoms. The van der Waals surface area contributed by atoms with Gasteiger partial charge in [-0.2, -0.15) is 0 Å². The molecule has 68 valence electrons. The van der Waals surface area contributed by atoms with Crippen LogP contribution in [0.3, 0.4) is 0 Å². The summed E-state index contributed by atoms with van der Waals surface area (Å²) >= 11 is 0. The third kappa shape index (κ3) is 1.23. The van der Waals surface area contributed by atoms with Crippen molar-refractivity contribution in [2.45, 2.75) is 13.5 Å². The highest BCUT2D eigenvalue weighted by Crippen LogP contribution is 2.19. The van der Waals surface area contributed by atoms with Crippen LogP contribution >= 0.6 is 0 Å². The van der Waals surface area contributed by atoms with Gasteiger partial charge >= 0.3 is 0 Å². The van der Waals surface area contributed by atoms with E-state index in [4.69, 9.17) is 5.73 Å². The molecule has 0 bridgehead atoms. The number of fused-ring (bicyclic) bond motifs is 1. The van der Waals surface area contributed by atoms with Gasteiger partial charge in [0.1, 0.15) is 0 Å². The van der Waals surface area contributed by atoms with Gasteiger partial charge in [0.25, 0.3) is 0 Å². The second-order valence-corrected chi connectivity index (χ2v) is 3.46. The monoisotopic (exact) mass is 174 g/mol. The summed E-state index contributed by atoms with van der Waals surface area (Å²) < 4.78 is 2.15. The Bertz CT molecular complexity index is 441. The number of rotatable bonds is 1. The Labute approximate surface area is 78.0 Å². The van der Waals surface area contributed by atoms with Crippen molar-refractivity contribution in [3.05, 3.63) is 35.5 Å². The van der Waals surface area contributed by atoms with Crippen LogP contribution in [0.1, 0.15) is 11.3 Å². The van der Waals surface area contributed by atoms with E-state index in [0.717, 1.165) is 0 Å². The van der Waals surface area contributed by atoms with Crippen molar-refractivity contribution in [3.8, 4) is 0 Å². The van der Waals surface area contributed by atoms with Gasteiger partial charge in [-0.15, -0.1) is 0 Å². The molecule has 0 fully saturated rings. The molecule has 13 heavy (non-hydrogen) atoms. The molecular formula is C11H14N2. The van der Waals surface area contributed by atoms with Crippen molar-refractivity contribution in [2.75, 3.05) is 0 Å². The fourth-order valence-electron chi connectivity index (χ4n) is 1.72. The Kier molecular flexibility index (Phi) is 1.85. The minimum atomic E-state index is 0.601. The van der Waals surface area contributed by atoms with Crippen molar-refractivity contribution in [1.29, 1.82) is 0 Å². The highest BCUT2D eigenvalue weighted by molar-refractivity contribution is 5.81. The summed E-state index contributed by atoms with van der Waals surface area (Å²) in [5.41, 5.74) is 9.36. The van der Waals surface area contributed by atoms with Gasteiger partial charge in [-0.25, -0.2) is 0 Å². The van der Waals surface area contributed by atoms with Crippen molar-refractivity contribution in [1.82, 2.24) is 4.57 Å². The molecule has 2 nitrogen and oxygen atoms in total. The van der Waals surface area contributed by atoms with Gasteiger partial charge in [-0.05, 0) is 25.1 Å². The van der Waals surface area contributed by atoms with Crippen molar-refractivity contribution in [3.63, 3.8) is 0 Å². The predicted molar refractivity (Wildman–Crippen MR) is 55.5 cm³/mol. The predicted octanol–water partition coefficient (Wildman–Crippen LogP) is 1.95. The number of nitrogens with zero attached hydrogens (tertiary/aromatic N) is 1. The minimum absolute atomic E-state index is 0.601. The maximum Gasteiger partial charge on any atom is 0.0480 e. The summed E-state index contributed by atoms with van der Waals surface area (Å²) in [7, 11) is 2.06. The van der Waals surface area contributed by atoms with E-state index in [2.05, 4.69) is 42.8 Å². The van der Waals surface area contributed by atoms with Gasteiger partial charge in [0.05, 0.1) is 0 Å². The zero-order valence-corrected chi connectivity index (χ0v) is 8.04. The molecular weight excluding hydrogens is 160 g/mol. The lowest BCUT2D eigenvalue weighted by Gasteiger charge is -2.00. The molecule has 0 aliphatic carbocycles. The number of nitrogens with two attached hydrogens (primary N) is 1. The van der Waals surface area contributed by atoms with Gasteiger partial charge in [0.15, 0.2) is 0 Å². The Balaban J connectivity index is 2.76. The highest BCUT2D eigenvalue weighted by atomic mass is 15.0. The van der Waals surface area contributed by atoms with Crippen LogP contribution in [0.5, 0.6) is 0 Å². The first-order valence-electron chi connectivity index (χ1n) is 4.47. The van der Waals surface area contributed by atoms with Crippen LogP contribution in [-0.4, -0.2) is 4.57 Å². The lowest BCUT2D eigenvalue weighted by atomic mass is 10.2. The van der Waals surface area contributed by atoms with E-state index < -0.39 is 0 Å². The maximum atomic E-state index is 5.63. The van der Waals surface area contributed by atoms with Crippen molar-refractivity contribution >= 4 is 10.9 Å². The third-order valence-corrected chi connectivity index (χ3v) is 2.51. The molecule has 0 aliphatic heterocycles. The molecule has 0 aliphatic rings. The van der Waals surface area contributed by atoms with Gasteiger partial charge < -0.3 is 10.3 Å². The lowest BCUT2D eigenvalue weighted by Crippen LogP contribution is -2.02. The zero-order valence-electron chi connectivity index (χ0n) is 8.04. The van der Waals surface area contributed by atoms with Gasteiger partial charge in [-0.1, -0.05) is 11.6 Å². The Morgan fingerprint density at radius 1 is 1.31 bits per heavy atom. The summed E-state index contributed by atoms with van der Waals surface area (Å²) in [4.78, 5) is 0. The van der Waals surface area contributed by atoms with Crippen LogP contribution in [0, 0.1) is 6.92 Å². The van der Waals surface area contributed by atoms with E-state index in [1.807, 2.05) is 0 Å². The summed E-state index contributed by atoms with van der Waals surface area (Å²) in [6.07, 6.45) is 0. The van der Waals surface area contributed by atoms with E-state index in [-0.39, 0.29) is 0 Å². The van der Waals surface area contributed by atoms with E-state index in [1.165, 1.54) is 22.2 Å². The number of aromatic nitrogens is 1. The van der Waals surface area contributed by atoms with Crippen LogP contribution < -0.4 is 5.73 Å². The first-order valence-corrected chi connectivity index (χ1v) is 4.47. The molecule has 0 saturated carbocycles. The quantitative estimate of drug-likeness (QED) is 0.703. The van der Waals surface area contributed by atoms with Crippen LogP contribution in [0.25, 0.3) is 10.9 Å². The molecule has 2 aromatic rings. The fraction of sp³-hybridized carbons (Fsp3) is 0.273. The SMILES string of the molecule is Cc1ccc2c(c1)cc(CN)n2C. The summed E-state index contributed by atoms with van der Waals surface area (Å²) in [6.45, 7) is 2.71. The topological polar surface area (TPSA) is 30.9 Å². The molecule has 0 radical (unpaired) electrons. The first-order chi connectivity index (χ1) is 6.22. The van der Waals surface area contributed by atoms with Crippen LogP contribution in [0.4, 0.5) is 0 Å². The molecule has 1 aromatic carbocycles. The van der Waals surface area contributed by atoms with E-state index in [0.29, 0.717) is 6.54 Å². The van der Waals surface area contributed by atoms with Gasteiger partial charge in [-0.3, -0.25) is 0 Å². The Hall–Kier alpha value is -1.28. The summed E-state index contributed by atoms with van der Waals surface area (Å²) in [5.74, 6) is 0. The van der Waals surface area contributed by atoms with Crippen LogP contribution in [0.15, 0.2) is 24.3 Å². The molecule has 0 amide bonds. The number of aryl methyl sites for hydroxylation is 2. The zero-order chi connectivity index (χ0) is 9.42. The van der Waals surface area contributed by atoms with E-state index >= 15 is 0 Å². The molecule has 2 N–H and O–H groups in total. The smallest absolute Gasteiger partial charge is 0.0480 e. The fourth-order valence-corrected chi connectivity index (χ4v) is 1.72. The molecule has 1 heterocycles. The van der Waals surface area contributed by atoms with E-state index in [9.17, 15) is 0 Å². The summed E-state index contributed by atoms with van der Waals surface area (Å²) in [6, 6.07) is 8.61. The largest absolute Gasteiger partial charge is 0.346 e. The average molecular weight is 174 g/mol. The van der Waals surface area contributed by atoms with E-state index in [1.54, 1.807) is 0 Å². The van der Waals surface area contributed by atoms with Gasteiger partial charge in [0.2, 0.25) is 0 Å². The molecule has 0 unspecified atom stereocenters. The molecule has 2 rings (SSSR count). The lowest BCUT2D eigenvalue weighted by molar-refractivity contribution is 0.849. The standard InChI is InChI=1S/C11H14N2/c1-8-3-4-11-9(5-8)6-10(7-12)13(11)2/h3-6H,7,12H2,1-2H3. The normalized spacial score (nSPS) is 11.0. The van der Waals surface area contributed by atoms with Gasteiger partial charge in [0, 0.05) is 30.2 Å². The molecule has 0 atom stereocenters. The maximum absolute atomic E-state index is 5.63.